The van der Waals surface area contributed by atoms with E-state index in [1.807, 2.05) is 17.7 Å². The third kappa shape index (κ3) is 2.99. The zero-order chi connectivity index (χ0) is 15.4. The summed E-state index contributed by atoms with van der Waals surface area (Å²) < 4.78 is 7.87. The molecule has 116 valence electrons. The largest absolute Gasteiger partial charge is 0.369 e. The van der Waals surface area contributed by atoms with E-state index >= 15 is 0 Å². The highest BCUT2D eigenvalue weighted by Gasteiger charge is 2.35. The normalized spacial score (nSPS) is 21.5. The zero-order valence-electron chi connectivity index (χ0n) is 12.5. The molecule has 0 radical (unpaired) electrons. The molecule has 7 nitrogen and oxygen atoms in total. The third-order valence-electron chi connectivity index (χ3n) is 3.82. The first kappa shape index (κ1) is 14.6. The maximum absolute atomic E-state index is 12.6. The van der Waals surface area contributed by atoms with Crippen molar-refractivity contribution in [3.05, 3.63) is 36.8 Å². The lowest BCUT2D eigenvalue weighted by Crippen LogP contribution is -2.34. The van der Waals surface area contributed by atoms with Crippen LogP contribution in [-0.4, -0.2) is 32.0 Å². The zero-order valence-corrected chi connectivity index (χ0v) is 12.5. The maximum atomic E-state index is 12.6. The van der Waals surface area contributed by atoms with Crippen LogP contribution in [0.4, 0.5) is 5.82 Å². The van der Waals surface area contributed by atoms with Crippen LogP contribution in [0.15, 0.2) is 31.0 Å². The number of anilines is 1. The quantitative estimate of drug-likeness (QED) is 0.931. The molecule has 2 atom stereocenters. The standard InChI is InChI=1S/C15H19N5O2/c1-2-20-8-7-18-14(20)13-11(4-3-9-22-13)15(21)19-12-10-16-5-6-17-12/h5-8,10-11,13H,2-4,9H2,1H3,(H,17,19,21)/t11-,13-/m1/s1. The van der Waals surface area contributed by atoms with Crippen molar-refractivity contribution in [3.63, 3.8) is 0 Å². The van der Waals surface area contributed by atoms with E-state index in [1.54, 1.807) is 18.6 Å². The number of nitrogens with one attached hydrogen (secondary N) is 1. The average Bonchev–Trinajstić information content (AvgIpc) is 3.04. The summed E-state index contributed by atoms with van der Waals surface area (Å²) in [6, 6.07) is 0. The van der Waals surface area contributed by atoms with Gasteiger partial charge in [-0.3, -0.25) is 9.78 Å². The Kier molecular flexibility index (Phi) is 4.43. The summed E-state index contributed by atoms with van der Waals surface area (Å²) in [4.78, 5) is 25.0. The molecule has 22 heavy (non-hydrogen) atoms. The molecule has 2 aromatic heterocycles. The summed E-state index contributed by atoms with van der Waals surface area (Å²) in [5.41, 5.74) is 0. The predicted octanol–water partition coefficient (Wildman–Crippen LogP) is 1.80. The number of nitrogens with zero attached hydrogens (tertiary/aromatic N) is 4. The van der Waals surface area contributed by atoms with Gasteiger partial charge in [0.05, 0.1) is 12.1 Å². The molecule has 1 N–H and O–H groups in total. The average molecular weight is 301 g/mol. The van der Waals surface area contributed by atoms with Gasteiger partial charge < -0.3 is 14.6 Å². The number of carbonyl (C=O) groups excluding carboxylic acids is 1. The van der Waals surface area contributed by atoms with Gasteiger partial charge in [0.2, 0.25) is 5.91 Å². The van der Waals surface area contributed by atoms with E-state index in [4.69, 9.17) is 4.74 Å². The van der Waals surface area contributed by atoms with Gasteiger partial charge in [-0.05, 0) is 19.8 Å². The number of aryl methyl sites for hydroxylation is 1. The highest BCUT2D eigenvalue weighted by molar-refractivity contribution is 5.92. The van der Waals surface area contributed by atoms with Gasteiger partial charge in [0.25, 0.3) is 0 Å². The molecule has 1 aliphatic heterocycles. The van der Waals surface area contributed by atoms with Crippen LogP contribution in [0.5, 0.6) is 0 Å². The molecule has 1 saturated heterocycles. The maximum Gasteiger partial charge on any atom is 0.231 e. The summed E-state index contributed by atoms with van der Waals surface area (Å²) in [6.45, 7) is 3.49. The van der Waals surface area contributed by atoms with Crippen LogP contribution in [0.25, 0.3) is 0 Å². The Labute approximate surface area is 128 Å². The van der Waals surface area contributed by atoms with Gasteiger partial charge in [-0.1, -0.05) is 0 Å². The van der Waals surface area contributed by atoms with E-state index in [0.717, 1.165) is 25.2 Å². The number of aromatic nitrogens is 4. The molecule has 0 aliphatic carbocycles. The lowest BCUT2D eigenvalue weighted by molar-refractivity contribution is -0.130. The van der Waals surface area contributed by atoms with Gasteiger partial charge in [0.15, 0.2) is 5.82 Å². The Morgan fingerprint density at radius 3 is 3.09 bits per heavy atom. The summed E-state index contributed by atoms with van der Waals surface area (Å²) in [7, 11) is 0. The van der Waals surface area contributed by atoms with Crippen LogP contribution in [0.3, 0.4) is 0 Å². The first-order valence-electron chi connectivity index (χ1n) is 7.49. The van der Waals surface area contributed by atoms with Gasteiger partial charge in [0.1, 0.15) is 11.9 Å². The van der Waals surface area contributed by atoms with Crippen LogP contribution in [0.1, 0.15) is 31.7 Å². The lowest BCUT2D eigenvalue weighted by Gasteiger charge is -2.30. The van der Waals surface area contributed by atoms with Crippen molar-refractivity contribution < 1.29 is 9.53 Å². The minimum absolute atomic E-state index is 0.101. The SMILES string of the molecule is CCn1ccnc1[C@@H]1OCCC[C@H]1C(=O)Nc1cnccn1. The Balaban J connectivity index is 1.79. The molecule has 0 saturated carbocycles. The van der Waals surface area contributed by atoms with Crippen molar-refractivity contribution in [2.45, 2.75) is 32.4 Å². The second-order valence-electron chi connectivity index (χ2n) is 5.19. The van der Waals surface area contributed by atoms with E-state index in [2.05, 4.69) is 20.3 Å². The second-order valence-corrected chi connectivity index (χ2v) is 5.19. The van der Waals surface area contributed by atoms with Gasteiger partial charge in [-0.2, -0.15) is 0 Å². The lowest BCUT2D eigenvalue weighted by atomic mass is 9.92. The number of amides is 1. The number of imidazole rings is 1. The van der Waals surface area contributed by atoms with Crippen molar-refractivity contribution in [2.75, 3.05) is 11.9 Å². The topological polar surface area (TPSA) is 81.9 Å². The molecule has 7 heteroatoms. The molecule has 2 aromatic rings. The van der Waals surface area contributed by atoms with Crippen LogP contribution in [-0.2, 0) is 16.1 Å². The monoisotopic (exact) mass is 301 g/mol. The summed E-state index contributed by atoms with van der Waals surface area (Å²) in [5, 5.41) is 2.81. The highest BCUT2D eigenvalue weighted by Crippen LogP contribution is 2.33. The highest BCUT2D eigenvalue weighted by atomic mass is 16.5. The minimum atomic E-state index is -0.319. The molecule has 1 aliphatic rings. The molecule has 0 spiro atoms. The fraction of sp³-hybridized carbons (Fsp3) is 0.467. The molecule has 3 heterocycles. The van der Waals surface area contributed by atoms with E-state index in [-0.39, 0.29) is 17.9 Å². The van der Waals surface area contributed by atoms with Crippen molar-refractivity contribution in [2.24, 2.45) is 5.92 Å². The van der Waals surface area contributed by atoms with Crippen LogP contribution >= 0.6 is 0 Å². The summed E-state index contributed by atoms with van der Waals surface area (Å²) >= 11 is 0. The number of ether oxygens (including phenoxy) is 1. The Morgan fingerprint density at radius 1 is 1.41 bits per heavy atom. The Hall–Kier alpha value is -2.28. The molecule has 0 aromatic carbocycles. The minimum Gasteiger partial charge on any atom is -0.369 e. The van der Waals surface area contributed by atoms with Crippen LogP contribution in [0, 0.1) is 5.92 Å². The first-order valence-corrected chi connectivity index (χ1v) is 7.49. The molecule has 0 unspecified atom stereocenters. The number of hydrogen-bond donors (Lipinski definition) is 1. The van der Waals surface area contributed by atoms with E-state index < -0.39 is 0 Å². The van der Waals surface area contributed by atoms with Gasteiger partial charge in [-0.25, -0.2) is 9.97 Å². The second kappa shape index (κ2) is 6.65. The third-order valence-corrected chi connectivity index (χ3v) is 3.82. The van der Waals surface area contributed by atoms with Crippen molar-refractivity contribution in [1.29, 1.82) is 0 Å². The van der Waals surface area contributed by atoms with Crippen molar-refractivity contribution in [1.82, 2.24) is 19.5 Å². The molecular weight excluding hydrogens is 282 g/mol. The van der Waals surface area contributed by atoms with Gasteiger partial charge >= 0.3 is 0 Å². The van der Waals surface area contributed by atoms with Crippen LogP contribution < -0.4 is 5.32 Å². The summed E-state index contributed by atoms with van der Waals surface area (Å²) in [5.74, 6) is 0.886. The molecule has 1 fully saturated rings. The number of carbonyl (C=O) groups is 1. The molecular formula is C15H19N5O2. The first-order chi connectivity index (χ1) is 10.8. The van der Waals surface area contributed by atoms with E-state index in [1.165, 1.54) is 6.20 Å². The molecule has 3 rings (SSSR count). The molecule has 1 amide bonds. The van der Waals surface area contributed by atoms with E-state index in [9.17, 15) is 4.79 Å². The van der Waals surface area contributed by atoms with Gasteiger partial charge in [-0.15, -0.1) is 0 Å². The molecule has 0 bridgehead atoms. The fourth-order valence-electron chi connectivity index (χ4n) is 2.73. The smallest absolute Gasteiger partial charge is 0.231 e. The predicted molar refractivity (Wildman–Crippen MR) is 80.0 cm³/mol. The van der Waals surface area contributed by atoms with Crippen LogP contribution in [0.2, 0.25) is 0 Å². The van der Waals surface area contributed by atoms with Crippen molar-refractivity contribution >= 4 is 11.7 Å². The summed E-state index contributed by atoms with van der Waals surface area (Å²) in [6.07, 6.45) is 9.62. The van der Waals surface area contributed by atoms with Crippen molar-refractivity contribution in [3.8, 4) is 0 Å². The van der Waals surface area contributed by atoms with Gasteiger partial charge in [0, 0.05) is 37.9 Å². The fourth-order valence-corrected chi connectivity index (χ4v) is 2.73. The number of hydrogen-bond acceptors (Lipinski definition) is 5. The van der Waals surface area contributed by atoms with E-state index in [0.29, 0.717) is 12.4 Å². The number of rotatable bonds is 4. The Morgan fingerprint density at radius 2 is 2.32 bits per heavy atom. The Bertz CT molecular complexity index is 628.